The Labute approximate surface area is 460 Å². The fourth-order valence-electron chi connectivity index (χ4n) is 9.23. The van der Waals surface area contributed by atoms with Gasteiger partial charge < -0.3 is 14.0 Å². The van der Waals surface area contributed by atoms with Crippen LogP contribution in [0, 0.1) is 32.2 Å². The number of hydrogen-bond donors (Lipinski definition) is 0. The third-order valence-corrected chi connectivity index (χ3v) is 12.6. The van der Waals surface area contributed by atoms with Gasteiger partial charge >= 0.3 is 0 Å². The van der Waals surface area contributed by atoms with E-state index >= 15 is 0 Å². The third kappa shape index (κ3) is 8.24. The second kappa shape index (κ2) is 18.9. The fraction of sp³-hybridized carbons (Fsp3) is 0.0909. The average molecular weight is 1130 g/mol. The largest absolute Gasteiger partial charge is 0.359 e. The molecule has 0 aliphatic carbocycles. The number of para-hydroxylation sites is 5. The van der Waals surface area contributed by atoms with Gasteiger partial charge in [0.25, 0.3) is 6.33 Å². The molecule has 0 unspecified atom stereocenters. The Kier molecular flexibility index (Phi) is 8.03. The minimum absolute atomic E-state index is 0. The maximum absolute atomic E-state index is 9.36. The van der Waals surface area contributed by atoms with Crippen molar-refractivity contribution in [3.05, 3.63) is 253 Å². The zero-order valence-corrected chi connectivity index (χ0v) is 41.3. The van der Waals surface area contributed by atoms with Crippen LogP contribution in [-0.4, -0.2) is 14.1 Å². The van der Waals surface area contributed by atoms with Gasteiger partial charge in [-0.05, 0) is 105 Å². The van der Waals surface area contributed by atoms with Gasteiger partial charge in [0.2, 0.25) is 0 Å². The summed E-state index contributed by atoms with van der Waals surface area (Å²) in [7, 11) is 0. The molecule has 9 aromatic carbocycles. The van der Waals surface area contributed by atoms with E-state index in [1.165, 1.54) is 6.20 Å². The maximum atomic E-state index is 9.36. The van der Waals surface area contributed by atoms with E-state index in [0.29, 0.717) is 50.4 Å². The zero-order valence-electron chi connectivity index (χ0n) is 56.0. The summed E-state index contributed by atoms with van der Waals surface area (Å²) in [4.78, 5) is 6.73. The van der Waals surface area contributed by atoms with Gasteiger partial charge in [-0.2, -0.15) is 24.3 Å². The van der Waals surface area contributed by atoms with Crippen molar-refractivity contribution in [2.45, 2.75) is 39.9 Å². The maximum Gasteiger partial charge on any atom is 0.268 e. The number of pyridine rings is 1. The number of benzene rings is 9. The third-order valence-electron chi connectivity index (χ3n) is 12.6. The monoisotopic (exact) mass is 1130 g/mol. The summed E-state index contributed by atoms with van der Waals surface area (Å²) in [5, 5.41) is 1.57. The van der Waals surface area contributed by atoms with Crippen LogP contribution in [0.2, 0.25) is 0 Å². The van der Waals surface area contributed by atoms with E-state index in [-0.39, 0.29) is 83.1 Å². The minimum Gasteiger partial charge on any atom is -0.359 e. The molecule has 0 spiro atoms. The molecule has 0 bridgehead atoms. The van der Waals surface area contributed by atoms with E-state index in [1.807, 2.05) is 127 Å². The summed E-state index contributed by atoms with van der Waals surface area (Å²) in [6.45, 7) is 0.251. The Hall–Kier alpha value is -8.11. The summed E-state index contributed by atoms with van der Waals surface area (Å²) in [5.74, 6) is 0.240. The number of fused-ring (bicyclic) bond motifs is 4. The summed E-state index contributed by atoms with van der Waals surface area (Å²) in [6.07, 6.45) is 4.68. The van der Waals surface area contributed by atoms with Gasteiger partial charge in [0.1, 0.15) is 5.82 Å². The van der Waals surface area contributed by atoms with Gasteiger partial charge in [-0.3, -0.25) is 4.57 Å². The normalized spacial score (nSPS) is 15.3. The van der Waals surface area contributed by atoms with Crippen molar-refractivity contribution in [3.63, 3.8) is 0 Å². The van der Waals surface area contributed by atoms with Crippen LogP contribution in [0.3, 0.4) is 0 Å². The Morgan fingerprint density at radius 3 is 1.97 bits per heavy atom. The predicted molar refractivity (Wildman–Crippen MR) is 293 cm³/mol. The number of anilines is 3. The quantitative estimate of drug-likeness (QED) is 0.106. The molecule has 0 aliphatic heterocycles. The molecule has 12 rings (SSSR count). The first kappa shape index (κ1) is 30.6. The standard InChI is InChI=1S/C66H51N5.Pt/c1-45-39-49(66(3,4)5)35-37-54(45)59-42-64(67-43-46(59)2)71-60-32-16-15-29-57(60)58-38-36-53(41-63(58)71)70(50-25-13-8-14-26-50)52-28-19-27-51(40-52)68-44-69(62-34-18-17-33-61(62)68)65-55(47-21-9-6-10-22-47)30-20-31-56(65)48-23-11-7-12-24-48;/h6-39,42-43H,1-5H3;/q-2;/i1D3,2D3,6D,7D,9D,10D,11D,12D,21D,22D,23D,24D,37D;. The van der Waals surface area contributed by atoms with E-state index < -0.39 is 79.5 Å². The predicted octanol–water partition coefficient (Wildman–Crippen LogP) is 16.2. The van der Waals surface area contributed by atoms with Crippen LogP contribution >= 0.6 is 0 Å². The van der Waals surface area contributed by atoms with Crippen molar-refractivity contribution in [1.29, 1.82) is 0 Å². The van der Waals surface area contributed by atoms with Crippen LogP contribution in [0.1, 0.15) is 60.8 Å². The van der Waals surface area contributed by atoms with Crippen LogP contribution in [0.25, 0.3) is 83.4 Å². The number of rotatable bonds is 9. The molecule has 6 heteroatoms. The number of aromatic nitrogens is 4. The molecule has 0 saturated heterocycles. The summed E-state index contributed by atoms with van der Waals surface area (Å²) >= 11 is 0. The van der Waals surface area contributed by atoms with Crippen molar-refractivity contribution in [1.82, 2.24) is 14.1 Å². The molecule has 3 aromatic heterocycles. The smallest absolute Gasteiger partial charge is 0.268 e. The summed E-state index contributed by atoms with van der Waals surface area (Å²) < 4.78 is 155. The van der Waals surface area contributed by atoms with Crippen molar-refractivity contribution in [3.8, 4) is 50.6 Å². The van der Waals surface area contributed by atoms with Gasteiger partial charge in [0, 0.05) is 46.7 Å². The van der Waals surface area contributed by atoms with Crippen molar-refractivity contribution in [2.75, 3.05) is 4.90 Å². The Morgan fingerprint density at radius 1 is 0.583 bits per heavy atom. The molecule has 0 atom stereocenters. The molecule has 72 heavy (non-hydrogen) atoms. The van der Waals surface area contributed by atoms with Crippen LogP contribution in [0.4, 0.5) is 17.1 Å². The Bertz CT molecular complexity index is 4710. The van der Waals surface area contributed by atoms with Crippen LogP contribution in [0.5, 0.6) is 0 Å². The summed E-state index contributed by atoms with van der Waals surface area (Å²) in [6, 6.07) is 44.5. The van der Waals surface area contributed by atoms with E-state index in [9.17, 15) is 1.37 Å². The van der Waals surface area contributed by atoms with E-state index in [1.54, 1.807) is 57.7 Å². The Morgan fingerprint density at radius 2 is 1.25 bits per heavy atom. The molecule has 0 radical (unpaired) electrons. The van der Waals surface area contributed by atoms with E-state index in [4.69, 9.17) is 26.9 Å². The second-order valence-electron chi connectivity index (χ2n) is 18.0. The van der Waals surface area contributed by atoms with Gasteiger partial charge in [-0.15, -0.1) is 23.6 Å². The first-order valence-corrected chi connectivity index (χ1v) is 22.9. The molecule has 0 fully saturated rings. The first-order valence-electron chi connectivity index (χ1n) is 31.4. The second-order valence-corrected chi connectivity index (χ2v) is 18.0. The molecule has 5 nitrogen and oxygen atoms in total. The summed E-state index contributed by atoms with van der Waals surface area (Å²) in [5.41, 5.74) is 4.03. The SMILES string of the molecule is [2H]c1cc(C(C)(C)C)cc(C([2H])([2H])[2H])c1-c1cc(-n2c3[c-]c(N(c4[c-]c(-n5[c-][n+](-c6c(-c7c([2H])c([2H])c([2H])c([2H])c7[2H])cccc6-c6c([2H])c([2H])c([2H])c([2H])c6[2H])c6ccccc65)ccc4)c4ccccc4)ccc3c3ccccc32)ncc1C([2H])([2H])[2H].[Pt]. The zero-order chi connectivity index (χ0) is 62.8. The first-order chi connectivity index (χ1) is 41.7. The number of hydrogen-bond acceptors (Lipinski definition) is 2. The van der Waals surface area contributed by atoms with Gasteiger partial charge in [0.15, 0.2) is 0 Å². The van der Waals surface area contributed by atoms with Crippen molar-refractivity contribution in [2.24, 2.45) is 0 Å². The molecule has 3 heterocycles. The molecule has 12 aromatic rings. The Balaban J connectivity index is 0.00000817. The van der Waals surface area contributed by atoms with Crippen molar-refractivity contribution >= 4 is 49.9 Å². The molecule has 0 N–H and O–H groups in total. The molecule has 0 aliphatic rings. The van der Waals surface area contributed by atoms with Crippen LogP contribution in [-0.2, 0) is 26.5 Å². The van der Waals surface area contributed by atoms with Crippen LogP contribution in [0.15, 0.2) is 218 Å². The van der Waals surface area contributed by atoms with Gasteiger partial charge in [-0.1, -0.05) is 195 Å². The van der Waals surface area contributed by atoms with Gasteiger partial charge in [-0.25, -0.2) is 4.98 Å². The molecule has 352 valence electrons. The minimum atomic E-state index is -2.76. The van der Waals surface area contributed by atoms with Crippen LogP contribution < -0.4 is 9.47 Å². The number of imidazole rings is 1. The molecule has 0 saturated carbocycles. The number of nitrogens with zero attached hydrogens (tertiary/aromatic N) is 5. The molecular weight excluding hydrogens is 1060 g/mol. The number of aryl methyl sites for hydroxylation is 2. The van der Waals surface area contributed by atoms with E-state index in [2.05, 4.69) is 18.5 Å². The van der Waals surface area contributed by atoms with E-state index in [0.717, 1.165) is 10.8 Å². The van der Waals surface area contributed by atoms with Gasteiger partial charge in [0.05, 0.1) is 31.8 Å². The molecule has 0 amide bonds. The topological polar surface area (TPSA) is 29.9 Å². The van der Waals surface area contributed by atoms with Crippen molar-refractivity contribution < 1.29 is 48.9 Å². The average Bonchev–Trinajstić information content (AvgIpc) is 1.75. The molecular formula is C66H51N5Pt-2. The fourth-order valence-corrected chi connectivity index (χ4v) is 9.23.